The minimum Gasteiger partial charge on any atom is -0.480 e. The Kier molecular flexibility index (Phi) is 9.00. The first kappa shape index (κ1) is 29.4. The maximum Gasteiger partial charge on any atom is 0.418 e. The molecule has 0 atom stereocenters. The molecule has 3 N–H and O–H groups in total. The number of halogens is 3. The average Bonchev–Trinajstić information content (AvgIpc) is 2.87. The summed E-state index contributed by atoms with van der Waals surface area (Å²) in [6, 6.07) is 3.65. The Hall–Kier alpha value is -3.63. The third-order valence-corrected chi connectivity index (χ3v) is 7.93. The molecule has 8 nitrogen and oxygen atoms in total. The monoisotopic (exact) mass is 562 g/mol. The van der Waals surface area contributed by atoms with Crippen molar-refractivity contribution in [3.8, 4) is 0 Å². The Morgan fingerprint density at radius 3 is 2.17 bits per heavy atom. The Balaban J connectivity index is 1.74. The molecule has 0 spiro atoms. The summed E-state index contributed by atoms with van der Waals surface area (Å²) in [5.41, 5.74) is -1.72. The van der Waals surface area contributed by atoms with Gasteiger partial charge in [0.25, 0.3) is 11.5 Å². The van der Waals surface area contributed by atoms with Crippen LogP contribution in [0.25, 0.3) is 0 Å². The molecule has 0 bridgehead atoms. The van der Waals surface area contributed by atoms with Gasteiger partial charge in [0.1, 0.15) is 5.56 Å². The van der Waals surface area contributed by atoms with Gasteiger partial charge in [-0.1, -0.05) is 38.2 Å². The fourth-order valence-electron chi connectivity index (χ4n) is 5.88. The molecule has 1 saturated carbocycles. The summed E-state index contributed by atoms with van der Waals surface area (Å²) in [5.74, 6) is -6.57. The first-order valence-electron chi connectivity index (χ1n) is 13.7. The van der Waals surface area contributed by atoms with Crippen molar-refractivity contribution in [1.29, 1.82) is 0 Å². The number of carbonyl (C=O) groups excluding carboxylic acids is 1. The van der Waals surface area contributed by atoms with Crippen LogP contribution < -0.4 is 10.9 Å². The number of fused-ring (bicyclic) bond motifs is 1. The summed E-state index contributed by atoms with van der Waals surface area (Å²) in [7, 11) is 0. The molecule has 11 heteroatoms. The van der Waals surface area contributed by atoms with Crippen molar-refractivity contribution in [2.75, 3.05) is 5.32 Å². The summed E-state index contributed by atoms with van der Waals surface area (Å²) in [5, 5.41) is 20.6. The lowest BCUT2D eigenvalue weighted by Crippen LogP contribution is -2.35. The van der Waals surface area contributed by atoms with Crippen molar-refractivity contribution in [2.45, 2.75) is 89.3 Å². The predicted octanol–water partition coefficient (Wildman–Crippen LogP) is 5.61. The van der Waals surface area contributed by atoms with E-state index in [1.54, 1.807) is 4.57 Å². The molecule has 40 heavy (non-hydrogen) atoms. The van der Waals surface area contributed by atoms with Gasteiger partial charge in [0.2, 0.25) is 0 Å². The normalized spacial score (nSPS) is 16.6. The predicted molar refractivity (Wildman–Crippen MR) is 141 cm³/mol. The molecule has 1 fully saturated rings. The highest BCUT2D eigenvalue weighted by atomic mass is 19.4. The molecule has 2 aliphatic carbocycles. The molecule has 1 heterocycles. The van der Waals surface area contributed by atoms with Gasteiger partial charge in [0.15, 0.2) is 5.92 Å². The van der Waals surface area contributed by atoms with Gasteiger partial charge >= 0.3 is 18.1 Å². The number of amides is 1. The SMILES string of the molecule is O=C(Nc1ccc(C(C(=O)O)C(=O)O)cc1C(F)(F)F)c1cc2c(n(CC3CCCCC3)c1=O)CCCCCC2. The van der Waals surface area contributed by atoms with Gasteiger partial charge in [0.05, 0.1) is 11.3 Å². The van der Waals surface area contributed by atoms with Crippen LogP contribution in [-0.2, 0) is 35.2 Å². The van der Waals surface area contributed by atoms with Crippen molar-refractivity contribution in [3.05, 3.63) is 62.6 Å². The zero-order chi connectivity index (χ0) is 29.0. The van der Waals surface area contributed by atoms with Crippen molar-refractivity contribution in [1.82, 2.24) is 4.57 Å². The van der Waals surface area contributed by atoms with Gasteiger partial charge in [-0.05, 0) is 73.8 Å². The molecule has 2 aromatic rings. The van der Waals surface area contributed by atoms with Crippen molar-refractivity contribution >= 4 is 23.5 Å². The molecule has 0 aliphatic heterocycles. The number of nitrogens with zero attached hydrogens (tertiary/aromatic N) is 1. The summed E-state index contributed by atoms with van der Waals surface area (Å²) >= 11 is 0. The van der Waals surface area contributed by atoms with E-state index in [0.717, 1.165) is 81.2 Å². The highest BCUT2D eigenvalue weighted by Crippen LogP contribution is 2.37. The van der Waals surface area contributed by atoms with Crippen LogP contribution in [0.5, 0.6) is 0 Å². The van der Waals surface area contributed by atoms with Gasteiger partial charge in [-0.25, -0.2) is 0 Å². The van der Waals surface area contributed by atoms with E-state index >= 15 is 0 Å². The van der Waals surface area contributed by atoms with E-state index < -0.39 is 52.3 Å². The fourth-order valence-corrected chi connectivity index (χ4v) is 5.88. The Morgan fingerprint density at radius 2 is 1.55 bits per heavy atom. The minimum atomic E-state index is -5.03. The number of carboxylic acids is 2. The second kappa shape index (κ2) is 12.3. The lowest BCUT2D eigenvalue weighted by Gasteiger charge is -2.26. The number of anilines is 1. The fraction of sp³-hybridized carbons (Fsp3) is 0.517. The molecule has 1 aromatic carbocycles. The minimum absolute atomic E-state index is 0.249. The van der Waals surface area contributed by atoms with E-state index in [1.165, 1.54) is 6.07 Å². The number of hydrogen-bond acceptors (Lipinski definition) is 4. The molecule has 0 radical (unpaired) electrons. The second-order valence-electron chi connectivity index (χ2n) is 10.7. The van der Waals surface area contributed by atoms with E-state index in [0.29, 0.717) is 31.4 Å². The number of carbonyl (C=O) groups is 3. The number of aryl methyl sites for hydroxylation is 1. The largest absolute Gasteiger partial charge is 0.480 e. The molecule has 216 valence electrons. The number of aliphatic carboxylic acids is 2. The molecule has 0 unspecified atom stereocenters. The number of nitrogens with one attached hydrogen (secondary N) is 1. The second-order valence-corrected chi connectivity index (χ2v) is 10.7. The van der Waals surface area contributed by atoms with Crippen LogP contribution >= 0.6 is 0 Å². The molecular formula is C29H33F3N2O6. The maximum atomic E-state index is 13.9. The van der Waals surface area contributed by atoms with Crippen LogP contribution in [0, 0.1) is 5.92 Å². The average molecular weight is 563 g/mol. The zero-order valence-corrected chi connectivity index (χ0v) is 22.1. The number of aromatic nitrogens is 1. The first-order valence-corrected chi connectivity index (χ1v) is 13.7. The molecular weight excluding hydrogens is 529 g/mol. The summed E-state index contributed by atoms with van der Waals surface area (Å²) < 4.78 is 43.5. The van der Waals surface area contributed by atoms with Crippen LogP contribution in [-0.4, -0.2) is 32.6 Å². The summed E-state index contributed by atoms with van der Waals surface area (Å²) in [4.78, 5) is 49.7. The molecule has 0 saturated heterocycles. The number of benzene rings is 1. The van der Waals surface area contributed by atoms with Crippen LogP contribution in [0.3, 0.4) is 0 Å². The molecule has 2 aliphatic rings. The number of hydrogen-bond donors (Lipinski definition) is 3. The lowest BCUT2D eigenvalue weighted by molar-refractivity contribution is -0.150. The maximum absolute atomic E-state index is 13.9. The van der Waals surface area contributed by atoms with Crippen LogP contribution in [0.4, 0.5) is 18.9 Å². The van der Waals surface area contributed by atoms with Crippen molar-refractivity contribution in [2.24, 2.45) is 5.92 Å². The summed E-state index contributed by atoms with van der Waals surface area (Å²) in [6.45, 7) is 0.469. The molecule has 1 aromatic heterocycles. The van der Waals surface area contributed by atoms with Crippen LogP contribution in [0.2, 0.25) is 0 Å². The third kappa shape index (κ3) is 6.56. The van der Waals surface area contributed by atoms with E-state index in [4.69, 9.17) is 0 Å². The number of alkyl halides is 3. The topological polar surface area (TPSA) is 126 Å². The van der Waals surface area contributed by atoms with Gasteiger partial charge < -0.3 is 20.1 Å². The van der Waals surface area contributed by atoms with Gasteiger partial charge in [0, 0.05) is 12.2 Å². The molecule has 4 rings (SSSR count). The Morgan fingerprint density at radius 1 is 0.925 bits per heavy atom. The first-order chi connectivity index (χ1) is 19.0. The van der Waals surface area contributed by atoms with Gasteiger partial charge in [-0.15, -0.1) is 0 Å². The number of pyridine rings is 1. The summed E-state index contributed by atoms with van der Waals surface area (Å²) in [6.07, 6.45) is 5.42. The van der Waals surface area contributed by atoms with E-state index in [9.17, 15) is 42.6 Å². The van der Waals surface area contributed by atoms with Crippen molar-refractivity contribution < 1.29 is 37.8 Å². The highest BCUT2D eigenvalue weighted by Gasteiger charge is 2.37. The Labute approximate surface area is 229 Å². The van der Waals surface area contributed by atoms with E-state index in [-0.39, 0.29) is 5.56 Å². The Bertz CT molecular complexity index is 1330. The quantitative estimate of drug-likeness (QED) is 0.377. The standard InChI is InChI=1S/C29H33F3N2O6/c30-29(31,32)21-15-19(24(27(37)38)28(39)40)12-13-22(21)33-25(35)20-14-18-10-6-1-2-7-11-23(18)34(26(20)36)16-17-8-4-3-5-9-17/h12-15,17,24H,1-11,16H2,(H,33,35)(H,37,38)(H,39,40). The smallest absolute Gasteiger partial charge is 0.418 e. The molecule has 1 amide bonds. The van der Waals surface area contributed by atoms with Crippen LogP contribution in [0.15, 0.2) is 29.1 Å². The highest BCUT2D eigenvalue weighted by molar-refractivity contribution is 6.05. The van der Waals surface area contributed by atoms with E-state index in [1.807, 2.05) is 0 Å². The third-order valence-electron chi connectivity index (χ3n) is 7.93. The lowest BCUT2D eigenvalue weighted by atomic mass is 9.88. The van der Waals surface area contributed by atoms with E-state index in [2.05, 4.69) is 5.32 Å². The number of rotatable bonds is 7. The van der Waals surface area contributed by atoms with Gasteiger partial charge in [-0.2, -0.15) is 13.2 Å². The van der Waals surface area contributed by atoms with Crippen molar-refractivity contribution in [3.63, 3.8) is 0 Å². The zero-order valence-electron chi connectivity index (χ0n) is 22.1. The van der Waals surface area contributed by atoms with Gasteiger partial charge in [-0.3, -0.25) is 19.2 Å². The van der Waals surface area contributed by atoms with Crippen LogP contribution in [0.1, 0.15) is 96.4 Å². The number of carboxylic acid groups (broad SMARTS) is 2.